The van der Waals surface area contributed by atoms with Crippen molar-refractivity contribution in [2.75, 3.05) is 5.43 Å². The van der Waals surface area contributed by atoms with Crippen LogP contribution in [0.4, 0.5) is 14.7 Å². The predicted octanol–water partition coefficient (Wildman–Crippen LogP) is 3.65. The summed E-state index contributed by atoms with van der Waals surface area (Å²) in [6.45, 7) is 0. The maximum Gasteiger partial charge on any atom is 0.345 e. The summed E-state index contributed by atoms with van der Waals surface area (Å²) in [5.41, 5.74) is 5.81. The number of alkyl halides is 2. The van der Waals surface area contributed by atoms with Gasteiger partial charge in [0, 0.05) is 18.0 Å². The van der Waals surface area contributed by atoms with Gasteiger partial charge >= 0.3 is 12.1 Å². The van der Waals surface area contributed by atoms with Crippen molar-refractivity contribution >= 4 is 17.0 Å². The van der Waals surface area contributed by atoms with Gasteiger partial charge in [-0.25, -0.2) is 19.4 Å². The fraction of sp³-hybridized carbons (Fsp3) is 0.0500. The van der Waals surface area contributed by atoms with E-state index in [2.05, 4.69) is 30.6 Å². The Hall–Kier alpha value is -4.41. The first-order valence-corrected chi connectivity index (χ1v) is 9.10. The molecule has 5 aromatic rings. The topological polar surface area (TPSA) is 115 Å². The summed E-state index contributed by atoms with van der Waals surface area (Å²) in [4.78, 5) is 23.6. The molecule has 5 rings (SSSR count). The number of benzene rings is 2. The number of hydrogen-bond donors (Lipinski definition) is 2. The molecule has 0 fully saturated rings. The quantitative estimate of drug-likeness (QED) is 0.445. The average Bonchev–Trinajstić information content (AvgIpc) is 3.40. The molecule has 0 atom stereocenters. The highest BCUT2D eigenvalue weighted by Gasteiger charge is 2.18. The lowest BCUT2D eigenvalue weighted by atomic mass is 10.0. The van der Waals surface area contributed by atoms with Crippen molar-refractivity contribution < 1.29 is 13.2 Å². The first kappa shape index (κ1) is 18.6. The largest absolute Gasteiger partial charge is 0.415 e. The molecular formula is C20H13F2N7O2. The van der Waals surface area contributed by atoms with Crippen molar-refractivity contribution in [2.24, 2.45) is 0 Å². The molecule has 11 heteroatoms. The third-order valence-electron chi connectivity index (χ3n) is 4.54. The van der Waals surface area contributed by atoms with Crippen LogP contribution in [-0.2, 0) is 0 Å². The molecule has 0 bridgehead atoms. The SMILES string of the molecule is O=c1[nH]c2c(-c3ccccc3)cccc2n1Nc1ncc(-c2nnc(C(F)F)o2)cn1. The van der Waals surface area contributed by atoms with Gasteiger partial charge in [0.15, 0.2) is 0 Å². The fourth-order valence-corrected chi connectivity index (χ4v) is 3.13. The maximum atomic E-state index is 12.6. The van der Waals surface area contributed by atoms with E-state index in [9.17, 15) is 13.6 Å². The van der Waals surface area contributed by atoms with Crippen LogP contribution < -0.4 is 11.1 Å². The van der Waals surface area contributed by atoms with Gasteiger partial charge in [-0.2, -0.15) is 8.78 Å². The highest BCUT2D eigenvalue weighted by atomic mass is 19.3. The van der Waals surface area contributed by atoms with Crippen molar-refractivity contribution in [3.8, 4) is 22.6 Å². The number of H-pyrrole nitrogens is 1. The van der Waals surface area contributed by atoms with Crippen LogP contribution >= 0.6 is 0 Å². The zero-order valence-electron chi connectivity index (χ0n) is 15.7. The first-order chi connectivity index (χ1) is 15.1. The van der Waals surface area contributed by atoms with E-state index in [1.54, 1.807) is 6.07 Å². The number of aromatic amines is 1. The van der Waals surface area contributed by atoms with Gasteiger partial charge in [-0.05, 0) is 11.6 Å². The van der Waals surface area contributed by atoms with E-state index in [0.717, 1.165) is 11.1 Å². The van der Waals surface area contributed by atoms with Crippen molar-refractivity contribution in [2.45, 2.75) is 6.43 Å². The Morgan fingerprint density at radius 1 is 0.968 bits per heavy atom. The van der Waals surface area contributed by atoms with Crippen LogP contribution in [0.3, 0.4) is 0 Å². The molecule has 154 valence electrons. The number of fused-ring (bicyclic) bond motifs is 1. The van der Waals surface area contributed by atoms with Crippen LogP contribution in [0.1, 0.15) is 12.3 Å². The molecule has 0 saturated heterocycles. The smallest absolute Gasteiger partial charge is 0.345 e. The molecule has 2 N–H and O–H groups in total. The van der Waals surface area contributed by atoms with Gasteiger partial charge < -0.3 is 9.40 Å². The van der Waals surface area contributed by atoms with Gasteiger partial charge in [0.2, 0.25) is 5.95 Å². The fourth-order valence-electron chi connectivity index (χ4n) is 3.13. The number of nitrogens with one attached hydrogen (secondary N) is 2. The van der Waals surface area contributed by atoms with Gasteiger partial charge in [-0.15, -0.1) is 10.2 Å². The monoisotopic (exact) mass is 421 g/mol. The Balaban J connectivity index is 1.47. The summed E-state index contributed by atoms with van der Waals surface area (Å²) >= 11 is 0. The summed E-state index contributed by atoms with van der Waals surface area (Å²) in [5, 5.41) is 6.82. The Morgan fingerprint density at radius 3 is 2.45 bits per heavy atom. The van der Waals surface area contributed by atoms with E-state index in [-0.39, 0.29) is 17.4 Å². The number of imidazole rings is 1. The zero-order valence-corrected chi connectivity index (χ0v) is 15.7. The number of rotatable bonds is 5. The van der Waals surface area contributed by atoms with E-state index >= 15 is 0 Å². The third kappa shape index (κ3) is 3.41. The van der Waals surface area contributed by atoms with Crippen LogP contribution in [0.15, 0.2) is 70.1 Å². The second kappa shape index (κ2) is 7.44. The Labute approximate surface area is 172 Å². The first-order valence-electron chi connectivity index (χ1n) is 9.10. The number of aromatic nitrogens is 6. The molecule has 0 aliphatic heterocycles. The van der Waals surface area contributed by atoms with E-state index in [4.69, 9.17) is 4.42 Å². The summed E-state index contributed by atoms with van der Waals surface area (Å²) in [6.07, 6.45) is -0.210. The normalized spacial score (nSPS) is 11.3. The number of para-hydroxylation sites is 1. The summed E-state index contributed by atoms with van der Waals surface area (Å²) in [7, 11) is 0. The third-order valence-corrected chi connectivity index (χ3v) is 4.54. The second-order valence-corrected chi connectivity index (χ2v) is 6.48. The Kier molecular flexibility index (Phi) is 4.47. The predicted molar refractivity (Wildman–Crippen MR) is 107 cm³/mol. The molecule has 9 nitrogen and oxygen atoms in total. The van der Waals surface area contributed by atoms with Crippen LogP contribution in [0.25, 0.3) is 33.6 Å². The van der Waals surface area contributed by atoms with Gasteiger partial charge in [-0.3, -0.25) is 5.43 Å². The lowest BCUT2D eigenvalue weighted by Crippen LogP contribution is -2.24. The minimum atomic E-state index is -2.86. The molecule has 0 radical (unpaired) electrons. The molecule has 0 aliphatic rings. The Morgan fingerprint density at radius 2 is 1.74 bits per heavy atom. The van der Waals surface area contributed by atoms with Crippen molar-refractivity contribution in [1.82, 2.24) is 29.8 Å². The molecule has 0 saturated carbocycles. The van der Waals surface area contributed by atoms with Gasteiger partial charge in [0.25, 0.3) is 11.8 Å². The molecule has 0 spiro atoms. The molecule has 2 aromatic carbocycles. The van der Waals surface area contributed by atoms with E-state index in [1.165, 1.54) is 17.1 Å². The number of hydrogen-bond acceptors (Lipinski definition) is 7. The average molecular weight is 421 g/mol. The van der Waals surface area contributed by atoms with Gasteiger partial charge in [-0.1, -0.05) is 42.5 Å². The lowest BCUT2D eigenvalue weighted by molar-refractivity contribution is 0.116. The van der Waals surface area contributed by atoms with Crippen LogP contribution in [-0.4, -0.2) is 29.8 Å². The maximum absolute atomic E-state index is 12.6. The van der Waals surface area contributed by atoms with Gasteiger partial charge in [0.05, 0.1) is 16.6 Å². The van der Waals surface area contributed by atoms with Crippen molar-refractivity contribution in [3.63, 3.8) is 0 Å². The van der Waals surface area contributed by atoms with Crippen LogP contribution in [0.5, 0.6) is 0 Å². The molecule has 0 unspecified atom stereocenters. The van der Waals surface area contributed by atoms with Crippen molar-refractivity contribution in [3.05, 3.63) is 77.3 Å². The number of anilines is 1. The summed E-state index contributed by atoms with van der Waals surface area (Å²) < 4.78 is 31.4. The molecule has 31 heavy (non-hydrogen) atoms. The second-order valence-electron chi connectivity index (χ2n) is 6.48. The highest BCUT2D eigenvalue weighted by Crippen LogP contribution is 2.26. The summed E-state index contributed by atoms with van der Waals surface area (Å²) in [6, 6.07) is 15.2. The van der Waals surface area contributed by atoms with E-state index < -0.39 is 18.0 Å². The molecule has 0 aliphatic carbocycles. The zero-order chi connectivity index (χ0) is 21.4. The molecule has 0 amide bonds. The van der Waals surface area contributed by atoms with Crippen molar-refractivity contribution in [1.29, 1.82) is 0 Å². The minimum absolute atomic E-state index is 0.116. The molecule has 3 heterocycles. The number of halogens is 2. The summed E-state index contributed by atoms with van der Waals surface area (Å²) in [5.74, 6) is -0.791. The van der Waals surface area contributed by atoms with E-state index in [0.29, 0.717) is 11.0 Å². The Bertz CT molecular complexity index is 1410. The molecule has 3 aromatic heterocycles. The molecular weight excluding hydrogens is 408 g/mol. The van der Waals surface area contributed by atoms with E-state index in [1.807, 2.05) is 42.5 Å². The van der Waals surface area contributed by atoms with Crippen LogP contribution in [0.2, 0.25) is 0 Å². The number of nitrogens with zero attached hydrogens (tertiary/aromatic N) is 5. The van der Waals surface area contributed by atoms with Gasteiger partial charge in [0.1, 0.15) is 0 Å². The lowest BCUT2D eigenvalue weighted by Gasteiger charge is -2.07. The highest BCUT2D eigenvalue weighted by molar-refractivity contribution is 5.92. The van der Waals surface area contributed by atoms with Crippen LogP contribution in [0, 0.1) is 0 Å². The minimum Gasteiger partial charge on any atom is -0.415 e. The standard InChI is InChI=1S/C20H13F2N7O2/c21-16(22)18-27-26-17(31-18)12-9-23-19(24-10-12)28-29-14-8-4-7-13(15(14)25-20(29)30)11-5-2-1-3-6-11/h1-10,16H,(H,25,30)(H,23,24,28).